The molecule has 1 aromatic rings. The fourth-order valence-corrected chi connectivity index (χ4v) is 4.04. The second-order valence-electron chi connectivity index (χ2n) is 4.36. The van der Waals surface area contributed by atoms with Crippen LogP contribution in [-0.2, 0) is 4.79 Å². The summed E-state index contributed by atoms with van der Waals surface area (Å²) >= 11 is 13.2. The van der Waals surface area contributed by atoms with E-state index < -0.39 is 0 Å². The minimum atomic E-state index is -0.0646. The molecule has 1 atom stereocenters. The van der Waals surface area contributed by atoms with Crippen LogP contribution in [0.25, 0.3) is 0 Å². The van der Waals surface area contributed by atoms with E-state index in [4.69, 9.17) is 23.8 Å². The van der Waals surface area contributed by atoms with E-state index in [0.29, 0.717) is 22.3 Å². The molecule has 2 N–H and O–H groups in total. The van der Waals surface area contributed by atoms with Gasteiger partial charge in [0.05, 0.1) is 10.9 Å². The van der Waals surface area contributed by atoms with Crippen molar-refractivity contribution < 1.29 is 4.79 Å². The Morgan fingerprint density at radius 2 is 2.16 bits per heavy atom. The zero-order valence-electron chi connectivity index (χ0n) is 9.90. The smallest absolute Gasteiger partial charge is 0.225 e. The molecule has 1 amide bonds. The Balaban J connectivity index is 2.11. The van der Waals surface area contributed by atoms with Gasteiger partial charge in [-0.25, -0.2) is 0 Å². The van der Waals surface area contributed by atoms with Crippen molar-refractivity contribution in [2.24, 2.45) is 0 Å². The van der Waals surface area contributed by atoms with E-state index in [9.17, 15) is 4.79 Å². The molecule has 98 valence electrons. The lowest BCUT2D eigenvalue weighted by molar-refractivity contribution is -0.120. The van der Waals surface area contributed by atoms with Gasteiger partial charge in [0.25, 0.3) is 0 Å². The van der Waals surface area contributed by atoms with Crippen LogP contribution in [0, 0.1) is 0 Å². The Bertz CT molecular complexity index is 600. The molecule has 3 rings (SSSR count). The molecule has 0 aromatic heterocycles. The fourth-order valence-electron chi connectivity index (χ4n) is 2.36. The Labute approximate surface area is 125 Å². The normalized spacial score (nSPS) is 22.7. The van der Waals surface area contributed by atoms with E-state index in [-0.39, 0.29) is 11.8 Å². The largest absolute Gasteiger partial charge is 0.367 e. The van der Waals surface area contributed by atoms with Crippen molar-refractivity contribution in [1.29, 1.82) is 0 Å². The summed E-state index contributed by atoms with van der Waals surface area (Å²) in [4.78, 5) is 12.6. The second kappa shape index (κ2) is 5.15. The summed E-state index contributed by atoms with van der Waals surface area (Å²) in [6, 6.07) is 7.62. The summed E-state index contributed by atoms with van der Waals surface area (Å²) in [5.41, 5.74) is 1.94. The summed E-state index contributed by atoms with van der Waals surface area (Å²) in [5, 5.41) is 7.60. The monoisotopic (exact) mass is 310 g/mol. The van der Waals surface area contributed by atoms with Crippen molar-refractivity contribution in [3.63, 3.8) is 0 Å². The van der Waals surface area contributed by atoms with Crippen molar-refractivity contribution in [2.45, 2.75) is 12.3 Å². The van der Waals surface area contributed by atoms with Gasteiger partial charge in [0.1, 0.15) is 4.99 Å². The molecule has 0 aliphatic carbocycles. The van der Waals surface area contributed by atoms with Gasteiger partial charge in [-0.15, -0.1) is 0 Å². The minimum absolute atomic E-state index is 0.0147. The number of benzene rings is 1. The summed E-state index contributed by atoms with van der Waals surface area (Å²) in [7, 11) is 0. The maximum atomic E-state index is 11.9. The Hall–Kier alpha value is -1.04. The van der Waals surface area contributed by atoms with Crippen LogP contribution in [0.1, 0.15) is 17.9 Å². The molecular formula is C13H11ClN2OS2. The number of thioether (sulfide) groups is 1. The van der Waals surface area contributed by atoms with Gasteiger partial charge in [0.15, 0.2) is 0 Å². The highest BCUT2D eigenvalue weighted by atomic mass is 35.5. The predicted molar refractivity (Wildman–Crippen MR) is 82.2 cm³/mol. The summed E-state index contributed by atoms with van der Waals surface area (Å²) in [6.07, 6.45) is 0.380. The van der Waals surface area contributed by atoms with Crippen LogP contribution in [0.5, 0.6) is 0 Å². The highest BCUT2D eigenvalue weighted by Gasteiger charge is 2.34. The molecule has 0 fully saturated rings. The minimum Gasteiger partial charge on any atom is -0.367 e. The maximum Gasteiger partial charge on any atom is 0.225 e. The van der Waals surface area contributed by atoms with Gasteiger partial charge < -0.3 is 10.6 Å². The van der Waals surface area contributed by atoms with E-state index in [2.05, 4.69) is 10.6 Å². The van der Waals surface area contributed by atoms with Gasteiger partial charge in [-0.1, -0.05) is 53.8 Å². The molecule has 0 saturated carbocycles. The van der Waals surface area contributed by atoms with Crippen LogP contribution in [-0.4, -0.2) is 16.8 Å². The first kappa shape index (κ1) is 13.0. The van der Waals surface area contributed by atoms with E-state index in [1.54, 1.807) is 11.8 Å². The molecule has 2 aliphatic heterocycles. The van der Waals surface area contributed by atoms with Crippen molar-refractivity contribution in [2.75, 3.05) is 5.88 Å². The molecule has 0 bridgehead atoms. The van der Waals surface area contributed by atoms with Gasteiger partial charge in [-0.05, 0) is 11.6 Å². The number of carbonyl (C=O) groups excluding carboxylic acids is 1. The van der Waals surface area contributed by atoms with Crippen LogP contribution in [0.4, 0.5) is 0 Å². The highest BCUT2D eigenvalue weighted by Crippen LogP contribution is 2.40. The highest BCUT2D eigenvalue weighted by molar-refractivity contribution is 8.03. The number of amides is 1. The number of hydrogen-bond acceptors (Lipinski definition) is 3. The number of carbonyl (C=O) groups is 1. The molecule has 19 heavy (non-hydrogen) atoms. The third kappa shape index (κ3) is 2.38. The summed E-state index contributed by atoms with van der Waals surface area (Å²) < 4.78 is 0. The number of rotatable bonds is 1. The molecule has 0 radical (unpaired) electrons. The third-order valence-corrected chi connectivity index (χ3v) is 4.82. The Morgan fingerprint density at radius 3 is 2.95 bits per heavy atom. The predicted octanol–water partition coefficient (Wildman–Crippen LogP) is 2.78. The van der Waals surface area contributed by atoms with E-state index in [0.717, 1.165) is 16.2 Å². The van der Waals surface area contributed by atoms with Crippen LogP contribution < -0.4 is 10.6 Å². The van der Waals surface area contributed by atoms with Crippen LogP contribution in [0.15, 0.2) is 34.9 Å². The Kier molecular flexibility index (Phi) is 3.52. The molecule has 1 unspecified atom stereocenters. The van der Waals surface area contributed by atoms with Gasteiger partial charge in [0.2, 0.25) is 5.91 Å². The lowest BCUT2D eigenvalue weighted by Crippen LogP contribution is -2.40. The van der Waals surface area contributed by atoms with Crippen LogP contribution in [0.3, 0.4) is 0 Å². The molecule has 1 aromatic carbocycles. The van der Waals surface area contributed by atoms with E-state index in [1.165, 1.54) is 0 Å². The van der Waals surface area contributed by atoms with Gasteiger partial charge in [-0.3, -0.25) is 4.79 Å². The lowest BCUT2D eigenvalue weighted by atomic mass is 9.86. The van der Waals surface area contributed by atoms with Crippen molar-refractivity contribution in [3.05, 3.63) is 45.5 Å². The van der Waals surface area contributed by atoms with Gasteiger partial charge >= 0.3 is 0 Å². The SMILES string of the molecule is O=C1CC(c2ccccc2Cl)C2=C(N1)SCNC2=S. The van der Waals surface area contributed by atoms with Crippen LogP contribution >= 0.6 is 35.6 Å². The van der Waals surface area contributed by atoms with E-state index >= 15 is 0 Å². The number of halogens is 1. The first-order valence-electron chi connectivity index (χ1n) is 5.86. The van der Waals surface area contributed by atoms with Crippen molar-refractivity contribution >= 4 is 46.5 Å². The van der Waals surface area contributed by atoms with Gasteiger partial charge in [0, 0.05) is 22.9 Å². The Morgan fingerprint density at radius 1 is 1.37 bits per heavy atom. The second-order valence-corrected chi connectivity index (χ2v) is 6.16. The first-order chi connectivity index (χ1) is 9.16. The molecule has 0 spiro atoms. The average Bonchev–Trinajstić information content (AvgIpc) is 2.38. The zero-order chi connectivity index (χ0) is 13.4. The molecule has 2 aliphatic rings. The van der Waals surface area contributed by atoms with E-state index in [1.807, 2.05) is 24.3 Å². The quantitative estimate of drug-likeness (QED) is 0.783. The molecule has 3 nitrogen and oxygen atoms in total. The number of thiocarbonyl (C=S) groups is 1. The molecule has 2 heterocycles. The summed E-state index contributed by atoms with van der Waals surface area (Å²) in [5.74, 6) is 0.638. The standard InChI is InChI=1S/C13H11ClN2OS2/c14-9-4-2-1-3-7(9)8-5-10(17)16-13-11(8)12(18)15-6-19-13/h1-4,8H,5-6H2,(H,15,18)(H,16,17). The zero-order valence-corrected chi connectivity index (χ0v) is 12.3. The van der Waals surface area contributed by atoms with Gasteiger partial charge in [-0.2, -0.15) is 0 Å². The third-order valence-electron chi connectivity index (χ3n) is 3.21. The molecule has 0 saturated heterocycles. The molecule has 6 heteroatoms. The lowest BCUT2D eigenvalue weighted by Gasteiger charge is -2.32. The maximum absolute atomic E-state index is 11.9. The summed E-state index contributed by atoms with van der Waals surface area (Å²) in [6.45, 7) is 0. The average molecular weight is 311 g/mol. The molecular weight excluding hydrogens is 300 g/mol. The topological polar surface area (TPSA) is 41.1 Å². The van der Waals surface area contributed by atoms with Crippen LogP contribution in [0.2, 0.25) is 5.02 Å². The van der Waals surface area contributed by atoms with Crippen molar-refractivity contribution in [1.82, 2.24) is 10.6 Å². The first-order valence-corrected chi connectivity index (χ1v) is 7.63. The van der Waals surface area contributed by atoms with Crippen molar-refractivity contribution in [3.8, 4) is 0 Å². The fraction of sp³-hybridized carbons (Fsp3) is 0.231. The number of nitrogens with one attached hydrogen (secondary N) is 2. The number of hydrogen-bond donors (Lipinski definition) is 2.